The number of aliphatic imine (C=N–C) groups is 1. The Balaban J connectivity index is 1.98. The molecule has 10 heteroatoms. The summed E-state index contributed by atoms with van der Waals surface area (Å²) in [5.41, 5.74) is -0.649. The summed E-state index contributed by atoms with van der Waals surface area (Å²) in [6, 6.07) is -0.196. The van der Waals surface area contributed by atoms with E-state index in [2.05, 4.69) is 16.9 Å². The lowest BCUT2D eigenvalue weighted by Crippen LogP contribution is -2.38. The maximum Gasteiger partial charge on any atom is 0.408 e. The van der Waals surface area contributed by atoms with Crippen molar-refractivity contribution in [2.45, 2.75) is 37.7 Å². The number of carbonyl (C=O) groups is 2. The van der Waals surface area contributed by atoms with E-state index in [1.165, 1.54) is 11.8 Å². The van der Waals surface area contributed by atoms with Crippen LogP contribution in [0.1, 0.15) is 20.8 Å². The molecule has 2 amide bonds. The summed E-state index contributed by atoms with van der Waals surface area (Å²) in [6.45, 7) is 8.97. The zero-order valence-corrected chi connectivity index (χ0v) is 16.2. The van der Waals surface area contributed by atoms with E-state index in [1.54, 1.807) is 31.7 Å². The topological polar surface area (TPSA) is 105 Å². The first-order valence-corrected chi connectivity index (χ1v) is 10.5. The van der Waals surface area contributed by atoms with E-state index in [-0.39, 0.29) is 29.3 Å². The standard InChI is InChI=1S/C15H23N3O5S2/c1-5-6-18-10-8-25(21,22)9-11(10)24-13(18)17-12(19)7-16-14(20)23-15(2,3)4/h5,10-11H,1,6-9H2,2-4H3,(H,16,20)/t10-,11-/m1/s1. The first-order chi connectivity index (χ1) is 11.5. The van der Waals surface area contributed by atoms with Crippen molar-refractivity contribution in [3.8, 4) is 0 Å². The van der Waals surface area contributed by atoms with E-state index < -0.39 is 27.4 Å². The number of carbonyl (C=O) groups excluding carboxylic acids is 2. The molecule has 0 aromatic carbocycles. The SMILES string of the molecule is C=CCN1C(=NC(=O)CNC(=O)OC(C)(C)C)S[C@@H]2CS(=O)(=O)C[C@H]21. The van der Waals surface area contributed by atoms with Crippen molar-refractivity contribution < 1.29 is 22.7 Å². The highest BCUT2D eigenvalue weighted by Gasteiger charge is 2.48. The van der Waals surface area contributed by atoms with Crippen molar-refractivity contribution in [2.75, 3.05) is 24.6 Å². The number of hydrogen-bond acceptors (Lipinski definition) is 6. The molecule has 0 unspecified atom stereocenters. The van der Waals surface area contributed by atoms with Gasteiger partial charge in [0.25, 0.3) is 5.91 Å². The molecule has 2 aliphatic heterocycles. The van der Waals surface area contributed by atoms with Crippen LogP contribution in [-0.2, 0) is 19.4 Å². The maximum absolute atomic E-state index is 12.0. The highest BCUT2D eigenvalue weighted by Crippen LogP contribution is 2.37. The zero-order chi connectivity index (χ0) is 18.8. The van der Waals surface area contributed by atoms with Gasteiger partial charge >= 0.3 is 6.09 Å². The van der Waals surface area contributed by atoms with Crippen LogP contribution >= 0.6 is 11.8 Å². The van der Waals surface area contributed by atoms with E-state index in [9.17, 15) is 18.0 Å². The number of nitrogens with one attached hydrogen (secondary N) is 1. The molecule has 2 aliphatic rings. The minimum atomic E-state index is -3.06. The second-order valence-corrected chi connectivity index (χ2v) is 10.2. The average Bonchev–Trinajstić information content (AvgIpc) is 2.88. The van der Waals surface area contributed by atoms with Gasteiger partial charge in [-0.15, -0.1) is 6.58 Å². The second-order valence-electron chi connectivity index (χ2n) is 6.89. The van der Waals surface area contributed by atoms with E-state index in [1.807, 2.05) is 0 Å². The van der Waals surface area contributed by atoms with Crippen LogP contribution in [0, 0.1) is 0 Å². The molecule has 0 aromatic rings. The number of hydrogen-bond donors (Lipinski definition) is 1. The Kier molecular flexibility index (Phi) is 5.82. The van der Waals surface area contributed by atoms with Crippen molar-refractivity contribution >= 4 is 38.8 Å². The van der Waals surface area contributed by atoms with Gasteiger partial charge in [0.05, 0.1) is 17.5 Å². The minimum Gasteiger partial charge on any atom is -0.444 e. The monoisotopic (exact) mass is 389 g/mol. The molecule has 2 rings (SSSR count). The van der Waals surface area contributed by atoms with Gasteiger partial charge in [-0.05, 0) is 20.8 Å². The lowest BCUT2D eigenvalue weighted by Gasteiger charge is -2.22. The Morgan fingerprint density at radius 3 is 2.72 bits per heavy atom. The predicted molar refractivity (Wildman–Crippen MR) is 97.4 cm³/mol. The number of thioether (sulfide) groups is 1. The van der Waals surface area contributed by atoms with E-state index in [0.717, 1.165) is 0 Å². The van der Waals surface area contributed by atoms with E-state index >= 15 is 0 Å². The molecule has 0 aromatic heterocycles. The molecule has 0 saturated carbocycles. The molecule has 1 N–H and O–H groups in total. The fraction of sp³-hybridized carbons (Fsp3) is 0.667. The van der Waals surface area contributed by atoms with Gasteiger partial charge in [0.15, 0.2) is 15.0 Å². The summed E-state index contributed by atoms with van der Waals surface area (Å²) in [4.78, 5) is 29.4. The summed E-state index contributed by atoms with van der Waals surface area (Å²) >= 11 is 1.29. The Morgan fingerprint density at radius 2 is 2.12 bits per heavy atom. The summed E-state index contributed by atoms with van der Waals surface area (Å²) in [6.07, 6.45) is 0.957. The molecule has 2 heterocycles. The number of amidine groups is 1. The van der Waals surface area contributed by atoms with Crippen LogP contribution < -0.4 is 5.32 Å². The molecule has 2 atom stereocenters. The molecule has 25 heavy (non-hydrogen) atoms. The molecule has 8 nitrogen and oxygen atoms in total. The van der Waals surface area contributed by atoms with Gasteiger partial charge in [-0.25, -0.2) is 13.2 Å². The van der Waals surface area contributed by atoms with Crippen LogP contribution in [0.4, 0.5) is 4.79 Å². The maximum atomic E-state index is 12.0. The predicted octanol–water partition coefficient (Wildman–Crippen LogP) is 0.794. The van der Waals surface area contributed by atoms with Gasteiger partial charge in [-0.2, -0.15) is 4.99 Å². The number of alkyl carbamates (subject to hydrolysis) is 1. The molecule has 140 valence electrons. The fourth-order valence-corrected chi connectivity index (χ4v) is 6.57. The third-order valence-electron chi connectivity index (χ3n) is 3.50. The van der Waals surface area contributed by atoms with Crippen LogP contribution in [0.15, 0.2) is 17.6 Å². The Hall–Kier alpha value is -1.55. The zero-order valence-electron chi connectivity index (χ0n) is 14.5. The first-order valence-electron chi connectivity index (χ1n) is 7.84. The number of sulfone groups is 1. The largest absolute Gasteiger partial charge is 0.444 e. The van der Waals surface area contributed by atoms with Gasteiger partial charge in [-0.1, -0.05) is 17.8 Å². The number of rotatable bonds is 4. The van der Waals surface area contributed by atoms with Crippen molar-refractivity contribution in [3.05, 3.63) is 12.7 Å². The van der Waals surface area contributed by atoms with Gasteiger partial charge in [0, 0.05) is 11.8 Å². The van der Waals surface area contributed by atoms with Crippen LogP contribution in [0.25, 0.3) is 0 Å². The van der Waals surface area contributed by atoms with Crippen LogP contribution in [-0.4, -0.2) is 72.0 Å². The lowest BCUT2D eigenvalue weighted by atomic mass is 10.2. The second kappa shape index (κ2) is 7.36. The highest BCUT2D eigenvalue weighted by atomic mass is 32.2. The number of nitrogens with zero attached hydrogens (tertiary/aromatic N) is 2. The van der Waals surface area contributed by atoms with Crippen molar-refractivity contribution in [1.29, 1.82) is 0 Å². The fourth-order valence-electron chi connectivity index (χ4n) is 2.60. The molecule has 0 bridgehead atoms. The normalized spacial score (nSPS) is 26.4. The van der Waals surface area contributed by atoms with Crippen molar-refractivity contribution in [3.63, 3.8) is 0 Å². The molecule has 0 radical (unpaired) electrons. The molecular formula is C15H23N3O5S2. The van der Waals surface area contributed by atoms with Crippen molar-refractivity contribution in [2.24, 2.45) is 4.99 Å². The third kappa shape index (κ3) is 5.46. The molecule has 0 spiro atoms. The van der Waals surface area contributed by atoms with Crippen LogP contribution in [0.2, 0.25) is 0 Å². The minimum absolute atomic E-state index is 0.0574. The molecular weight excluding hydrogens is 366 g/mol. The number of amides is 2. The van der Waals surface area contributed by atoms with E-state index in [4.69, 9.17) is 4.74 Å². The number of fused-ring (bicyclic) bond motifs is 1. The summed E-state index contributed by atoms with van der Waals surface area (Å²) < 4.78 is 28.6. The van der Waals surface area contributed by atoms with Crippen molar-refractivity contribution in [1.82, 2.24) is 10.2 Å². The van der Waals surface area contributed by atoms with E-state index in [0.29, 0.717) is 11.7 Å². The average molecular weight is 389 g/mol. The van der Waals surface area contributed by atoms with Gasteiger partial charge < -0.3 is 15.0 Å². The van der Waals surface area contributed by atoms with Crippen LogP contribution in [0.5, 0.6) is 0 Å². The third-order valence-corrected chi connectivity index (χ3v) is 6.75. The number of ether oxygens (including phenoxy) is 1. The van der Waals surface area contributed by atoms with Crippen LogP contribution in [0.3, 0.4) is 0 Å². The highest BCUT2D eigenvalue weighted by molar-refractivity contribution is 8.15. The Labute approximate surface area is 152 Å². The summed E-state index contributed by atoms with van der Waals surface area (Å²) in [5.74, 6) is -0.383. The Morgan fingerprint density at radius 1 is 1.44 bits per heavy atom. The summed E-state index contributed by atoms with van der Waals surface area (Å²) in [5, 5.41) is 2.71. The van der Waals surface area contributed by atoms with Gasteiger partial charge in [0.2, 0.25) is 0 Å². The first kappa shape index (κ1) is 19.8. The molecule has 2 saturated heterocycles. The molecule has 0 aliphatic carbocycles. The van der Waals surface area contributed by atoms with Gasteiger partial charge in [0.1, 0.15) is 12.1 Å². The lowest BCUT2D eigenvalue weighted by molar-refractivity contribution is -0.117. The summed E-state index contributed by atoms with van der Waals surface area (Å²) in [7, 11) is -3.06. The molecule has 2 fully saturated rings. The smallest absolute Gasteiger partial charge is 0.408 e. The quantitative estimate of drug-likeness (QED) is 0.709. The van der Waals surface area contributed by atoms with Gasteiger partial charge in [-0.3, -0.25) is 4.79 Å². The Bertz CT molecular complexity index is 696.